The second kappa shape index (κ2) is 8.80. The van der Waals surface area contributed by atoms with E-state index in [0.717, 1.165) is 5.56 Å². The van der Waals surface area contributed by atoms with Crippen LogP contribution in [0.5, 0.6) is 17.2 Å². The Balaban J connectivity index is 1.71. The molecular weight excluding hydrogens is 442 g/mol. The average Bonchev–Trinajstić information content (AvgIpc) is 3.34. The Morgan fingerprint density at radius 3 is 2.45 bits per heavy atom. The van der Waals surface area contributed by atoms with Crippen LogP contribution in [0.3, 0.4) is 0 Å². The number of hydrogen-bond acceptors (Lipinski definition) is 6. The quantitative estimate of drug-likeness (QED) is 0.303. The largest absolute Gasteiger partial charge is 0.486 e. The van der Waals surface area contributed by atoms with Crippen LogP contribution >= 0.6 is 11.6 Å². The summed E-state index contributed by atoms with van der Waals surface area (Å²) in [6, 6.07) is 22.5. The van der Waals surface area contributed by atoms with Gasteiger partial charge in [-0.05, 0) is 29.8 Å². The predicted octanol–water partition coefficient (Wildman–Crippen LogP) is 5.69. The van der Waals surface area contributed by atoms with E-state index >= 15 is 0 Å². The minimum atomic E-state index is -0.601. The summed E-state index contributed by atoms with van der Waals surface area (Å²) < 4.78 is 18.6. The van der Waals surface area contributed by atoms with Crippen molar-refractivity contribution < 1.29 is 19.0 Å². The number of para-hydroxylation sites is 1. The maximum absolute atomic E-state index is 12.7. The Morgan fingerprint density at radius 1 is 1.00 bits per heavy atom. The summed E-state index contributed by atoms with van der Waals surface area (Å²) in [4.78, 5) is 17.1. The highest BCUT2D eigenvalue weighted by Crippen LogP contribution is 2.42. The minimum Gasteiger partial charge on any atom is -0.486 e. The van der Waals surface area contributed by atoms with Crippen LogP contribution < -0.4 is 9.47 Å². The predicted molar refractivity (Wildman–Crippen MR) is 124 cm³/mol. The fourth-order valence-corrected chi connectivity index (χ4v) is 3.90. The van der Waals surface area contributed by atoms with E-state index in [1.165, 1.54) is 18.0 Å². The summed E-state index contributed by atoms with van der Waals surface area (Å²) >= 11 is 6.80. The standard InChI is InChI=1S/C25H18ClN3O4/c1-31-25(30)22-23(32-14-16-8-4-2-5-9-16)18-12-13-19(33-17-10-6-3-7-11-17)21(26)20(18)24-27-15-28-29(22)24/h2-13,15H,14H2,1H3. The van der Waals surface area contributed by atoms with Crippen molar-refractivity contribution in [2.24, 2.45) is 0 Å². The van der Waals surface area contributed by atoms with E-state index in [9.17, 15) is 4.79 Å². The molecule has 2 heterocycles. The monoisotopic (exact) mass is 459 g/mol. The summed E-state index contributed by atoms with van der Waals surface area (Å²) in [5.41, 5.74) is 1.46. The first-order chi connectivity index (χ1) is 16.2. The number of hydrogen-bond donors (Lipinski definition) is 0. The molecule has 0 bridgehead atoms. The van der Waals surface area contributed by atoms with Gasteiger partial charge in [-0.1, -0.05) is 60.1 Å². The fraction of sp³-hybridized carbons (Fsp3) is 0.0800. The van der Waals surface area contributed by atoms with Crippen molar-refractivity contribution in [3.63, 3.8) is 0 Å². The highest BCUT2D eigenvalue weighted by Gasteiger charge is 2.26. The van der Waals surface area contributed by atoms with Crippen LogP contribution in [0.15, 0.2) is 79.1 Å². The van der Waals surface area contributed by atoms with E-state index in [-0.39, 0.29) is 12.3 Å². The fourth-order valence-electron chi connectivity index (χ4n) is 3.61. The molecule has 0 saturated heterocycles. The minimum absolute atomic E-state index is 0.126. The molecule has 0 unspecified atom stereocenters. The number of pyridine rings is 1. The number of methoxy groups -OCH3 is 1. The van der Waals surface area contributed by atoms with Gasteiger partial charge in [0.25, 0.3) is 0 Å². The molecule has 5 rings (SSSR count). The van der Waals surface area contributed by atoms with Crippen LogP contribution in [0.25, 0.3) is 16.4 Å². The first kappa shape index (κ1) is 20.8. The molecule has 0 saturated carbocycles. The zero-order valence-corrected chi connectivity index (χ0v) is 18.3. The van der Waals surface area contributed by atoms with E-state index in [1.807, 2.05) is 60.7 Å². The molecule has 7 nitrogen and oxygen atoms in total. The third kappa shape index (κ3) is 3.83. The van der Waals surface area contributed by atoms with Crippen molar-refractivity contribution in [3.8, 4) is 17.2 Å². The summed E-state index contributed by atoms with van der Waals surface area (Å²) in [6.45, 7) is 0.236. The molecule has 5 aromatic rings. The molecule has 0 aliphatic heterocycles. The normalized spacial score (nSPS) is 11.0. The lowest BCUT2D eigenvalue weighted by Gasteiger charge is -2.17. The Labute approximate surface area is 194 Å². The summed E-state index contributed by atoms with van der Waals surface area (Å²) in [5, 5.41) is 5.71. The molecule has 0 spiro atoms. The number of esters is 1. The van der Waals surface area contributed by atoms with Gasteiger partial charge >= 0.3 is 5.97 Å². The topological polar surface area (TPSA) is 75.0 Å². The third-order valence-corrected chi connectivity index (χ3v) is 5.50. The zero-order chi connectivity index (χ0) is 22.8. The highest BCUT2D eigenvalue weighted by atomic mass is 35.5. The van der Waals surface area contributed by atoms with Crippen LogP contribution in [0.2, 0.25) is 5.02 Å². The Kier molecular flexibility index (Phi) is 5.54. The van der Waals surface area contributed by atoms with Gasteiger partial charge in [0.05, 0.1) is 17.5 Å². The highest BCUT2D eigenvalue weighted by molar-refractivity contribution is 6.38. The maximum Gasteiger partial charge on any atom is 0.360 e. The van der Waals surface area contributed by atoms with E-state index in [0.29, 0.717) is 38.7 Å². The molecule has 0 fully saturated rings. The lowest BCUT2D eigenvalue weighted by atomic mass is 10.1. The van der Waals surface area contributed by atoms with Crippen LogP contribution in [-0.2, 0) is 11.3 Å². The average molecular weight is 460 g/mol. The zero-order valence-electron chi connectivity index (χ0n) is 17.6. The number of rotatable bonds is 6. The van der Waals surface area contributed by atoms with Gasteiger partial charge in [-0.15, -0.1) is 0 Å². The van der Waals surface area contributed by atoms with Gasteiger partial charge in [-0.25, -0.2) is 14.3 Å². The van der Waals surface area contributed by atoms with Crippen molar-refractivity contribution in [1.29, 1.82) is 0 Å². The van der Waals surface area contributed by atoms with Gasteiger partial charge in [-0.2, -0.15) is 5.10 Å². The van der Waals surface area contributed by atoms with Crippen molar-refractivity contribution in [2.75, 3.05) is 7.11 Å². The first-order valence-electron chi connectivity index (χ1n) is 10.1. The number of nitrogens with zero attached hydrogens (tertiary/aromatic N) is 3. The molecule has 33 heavy (non-hydrogen) atoms. The lowest BCUT2D eigenvalue weighted by molar-refractivity contribution is 0.0585. The molecule has 0 N–H and O–H groups in total. The number of benzene rings is 3. The third-order valence-electron chi connectivity index (χ3n) is 5.13. The van der Waals surface area contributed by atoms with Gasteiger partial charge in [0, 0.05) is 5.39 Å². The summed E-state index contributed by atoms with van der Waals surface area (Å²) in [5.74, 6) is 0.783. The molecule has 8 heteroatoms. The van der Waals surface area contributed by atoms with Crippen LogP contribution in [0, 0.1) is 0 Å². The molecule has 164 valence electrons. The molecule has 0 aliphatic carbocycles. The van der Waals surface area contributed by atoms with Gasteiger partial charge in [0.2, 0.25) is 0 Å². The summed E-state index contributed by atoms with van der Waals surface area (Å²) in [6.07, 6.45) is 1.35. The second-order valence-corrected chi connectivity index (χ2v) is 7.53. The van der Waals surface area contributed by atoms with Crippen molar-refractivity contribution >= 4 is 34.0 Å². The van der Waals surface area contributed by atoms with E-state index in [1.54, 1.807) is 12.1 Å². The Hall–Kier alpha value is -4.10. The lowest BCUT2D eigenvalue weighted by Crippen LogP contribution is -2.13. The van der Waals surface area contributed by atoms with Gasteiger partial charge in [-0.3, -0.25) is 0 Å². The molecule has 0 amide bonds. The number of halogens is 1. The molecule has 3 aromatic carbocycles. The second-order valence-electron chi connectivity index (χ2n) is 7.15. The Morgan fingerprint density at radius 2 is 1.73 bits per heavy atom. The molecular formula is C25H18ClN3O4. The van der Waals surface area contributed by atoms with Gasteiger partial charge < -0.3 is 14.2 Å². The number of fused-ring (bicyclic) bond motifs is 3. The van der Waals surface area contributed by atoms with Crippen molar-refractivity contribution in [1.82, 2.24) is 14.6 Å². The maximum atomic E-state index is 12.7. The number of aromatic nitrogens is 3. The number of carbonyl (C=O) groups excluding carboxylic acids is 1. The number of ether oxygens (including phenoxy) is 3. The SMILES string of the molecule is COC(=O)c1c(OCc2ccccc2)c2ccc(Oc3ccccc3)c(Cl)c2c2ncnn12. The van der Waals surface area contributed by atoms with E-state index in [2.05, 4.69) is 10.1 Å². The van der Waals surface area contributed by atoms with E-state index in [4.69, 9.17) is 25.8 Å². The smallest absolute Gasteiger partial charge is 0.360 e. The Bertz CT molecular complexity index is 1450. The summed E-state index contributed by atoms with van der Waals surface area (Å²) in [7, 11) is 1.31. The van der Waals surface area contributed by atoms with Gasteiger partial charge in [0.15, 0.2) is 17.1 Å². The van der Waals surface area contributed by atoms with Crippen molar-refractivity contribution in [2.45, 2.75) is 6.61 Å². The molecule has 2 aromatic heterocycles. The first-order valence-corrected chi connectivity index (χ1v) is 10.5. The van der Waals surface area contributed by atoms with Crippen LogP contribution in [0.4, 0.5) is 0 Å². The molecule has 0 atom stereocenters. The van der Waals surface area contributed by atoms with E-state index < -0.39 is 5.97 Å². The number of carbonyl (C=O) groups is 1. The van der Waals surface area contributed by atoms with Crippen LogP contribution in [-0.4, -0.2) is 27.7 Å². The molecule has 0 radical (unpaired) electrons. The van der Waals surface area contributed by atoms with Gasteiger partial charge in [0.1, 0.15) is 24.4 Å². The molecule has 0 aliphatic rings. The van der Waals surface area contributed by atoms with Crippen LogP contribution in [0.1, 0.15) is 16.1 Å². The van der Waals surface area contributed by atoms with Crippen molar-refractivity contribution in [3.05, 3.63) is 95.4 Å².